The molecule has 0 aromatic heterocycles. The summed E-state index contributed by atoms with van der Waals surface area (Å²) in [4.78, 5) is 10.8. The van der Waals surface area contributed by atoms with Crippen LogP contribution in [0.5, 0.6) is 0 Å². The molecule has 0 aliphatic carbocycles. The van der Waals surface area contributed by atoms with Crippen LogP contribution in [-0.4, -0.2) is 43.9 Å². The fourth-order valence-corrected chi connectivity index (χ4v) is 5.44. The van der Waals surface area contributed by atoms with Gasteiger partial charge in [-0.3, -0.25) is 9.35 Å². The molecule has 0 fully saturated rings. The van der Waals surface area contributed by atoms with E-state index in [1.54, 1.807) is 0 Å². The van der Waals surface area contributed by atoms with Gasteiger partial charge in [-0.15, -0.1) is 0 Å². The molecule has 0 heterocycles. The van der Waals surface area contributed by atoms with Crippen molar-refractivity contribution in [1.29, 1.82) is 0 Å². The van der Waals surface area contributed by atoms with Crippen molar-refractivity contribution in [3.05, 3.63) is 0 Å². The Hall–Kier alpha value is -0.0616. The topological polar surface area (TPSA) is 91.7 Å². The summed E-state index contributed by atoms with van der Waals surface area (Å²) < 4.78 is 30.7. The van der Waals surface area contributed by atoms with Crippen molar-refractivity contribution < 1.29 is 22.9 Å². The minimum Gasteiger partial charge on any atom is -0.480 e. The molecular formula is C18H37AsO5S. The summed E-state index contributed by atoms with van der Waals surface area (Å²) in [6.45, 7) is 0. The second-order valence-electron chi connectivity index (χ2n) is 7.18. The molecule has 0 aromatic rings. The second kappa shape index (κ2) is 15.0. The Balaban J connectivity index is 3.38. The van der Waals surface area contributed by atoms with E-state index in [1.165, 1.54) is 56.6 Å². The van der Waals surface area contributed by atoms with E-state index >= 15 is 0 Å². The van der Waals surface area contributed by atoms with E-state index in [1.807, 2.05) is 0 Å². The van der Waals surface area contributed by atoms with Gasteiger partial charge in [0.05, 0.1) is 0 Å². The van der Waals surface area contributed by atoms with Gasteiger partial charge < -0.3 is 5.11 Å². The Kier molecular flexibility index (Phi) is 15.0. The number of unbranched alkanes of at least 4 members (excludes halogenated alkanes) is 11. The molecule has 2 N–H and O–H groups in total. The standard InChI is InChI=1S/C18H37AsO5S/c1-19(2)16-14-12-10-8-6-4-3-5-7-9-11-13-15-17(18(20)21)25(22,23)24/h17H,3-16H2,1-2H3,(H,20,21)(H,22,23,24). The van der Waals surface area contributed by atoms with Gasteiger partial charge in [0.25, 0.3) is 10.1 Å². The molecule has 0 spiro atoms. The molecule has 25 heavy (non-hydrogen) atoms. The summed E-state index contributed by atoms with van der Waals surface area (Å²) in [6.07, 6.45) is 14.1. The van der Waals surface area contributed by atoms with Gasteiger partial charge in [-0.1, -0.05) is 6.42 Å². The zero-order chi connectivity index (χ0) is 19.1. The van der Waals surface area contributed by atoms with E-state index in [4.69, 9.17) is 9.66 Å². The Bertz CT molecular complexity index is 437. The number of aliphatic carboxylic acids is 1. The van der Waals surface area contributed by atoms with E-state index in [2.05, 4.69) is 11.4 Å². The molecule has 7 heteroatoms. The molecule has 0 rings (SSSR count). The Morgan fingerprint density at radius 3 is 1.48 bits per heavy atom. The normalized spacial score (nSPS) is 13.3. The van der Waals surface area contributed by atoms with Crippen LogP contribution in [0.2, 0.25) is 16.6 Å². The molecule has 0 aliphatic heterocycles. The number of carbonyl (C=O) groups is 1. The van der Waals surface area contributed by atoms with Crippen LogP contribution in [-0.2, 0) is 14.9 Å². The average Bonchev–Trinajstić information content (AvgIpc) is 2.49. The number of carboxylic acid groups (broad SMARTS) is 1. The van der Waals surface area contributed by atoms with Crippen LogP contribution < -0.4 is 0 Å². The number of hydrogen-bond acceptors (Lipinski definition) is 3. The average molecular weight is 440 g/mol. The maximum absolute atomic E-state index is 10.9. The van der Waals surface area contributed by atoms with E-state index in [-0.39, 0.29) is 6.42 Å². The third kappa shape index (κ3) is 15.9. The summed E-state index contributed by atoms with van der Waals surface area (Å²) in [5.41, 5.74) is 4.85. The number of rotatable bonds is 17. The number of hydrogen-bond donors (Lipinski definition) is 2. The van der Waals surface area contributed by atoms with Gasteiger partial charge in [-0.05, 0) is 6.42 Å². The zero-order valence-corrected chi connectivity index (χ0v) is 18.6. The first-order valence-electron chi connectivity index (χ1n) is 9.59. The molecule has 0 saturated carbocycles. The van der Waals surface area contributed by atoms with Crippen LogP contribution in [0.3, 0.4) is 0 Å². The van der Waals surface area contributed by atoms with Gasteiger partial charge in [0.1, 0.15) is 0 Å². The van der Waals surface area contributed by atoms with Crippen molar-refractivity contribution in [2.75, 3.05) is 0 Å². The van der Waals surface area contributed by atoms with Crippen LogP contribution in [0, 0.1) is 0 Å². The monoisotopic (exact) mass is 440 g/mol. The Morgan fingerprint density at radius 1 is 0.800 bits per heavy atom. The van der Waals surface area contributed by atoms with Crippen molar-refractivity contribution in [2.24, 2.45) is 0 Å². The smallest absolute Gasteiger partial charge is 0.480 e. The quantitative estimate of drug-likeness (QED) is 0.185. The van der Waals surface area contributed by atoms with E-state index < -0.39 is 36.0 Å². The molecule has 0 aliphatic rings. The Labute approximate surface area is 159 Å². The summed E-state index contributed by atoms with van der Waals surface area (Å²) in [5.74, 6) is -1.46. The third-order valence-corrected chi connectivity index (χ3v) is 8.15. The van der Waals surface area contributed by atoms with Crippen molar-refractivity contribution in [2.45, 2.75) is 105 Å². The minimum absolute atomic E-state index is 0.00636. The molecule has 1 unspecified atom stereocenters. The maximum atomic E-state index is 10.9. The van der Waals surface area contributed by atoms with Crippen LogP contribution >= 0.6 is 0 Å². The SMILES string of the molecule is C[As](C)CCCCCCCCCCCCCCC(C(=O)O)S(=O)(=O)O. The molecule has 5 nitrogen and oxygen atoms in total. The van der Waals surface area contributed by atoms with E-state index in [9.17, 15) is 13.2 Å². The molecule has 1 atom stereocenters. The molecule has 0 aromatic carbocycles. The fourth-order valence-electron chi connectivity index (χ4n) is 2.93. The Morgan fingerprint density at radius 2 is 1.16 bits per heavy atom. The van der Waals surface area contributed by atoms with Crippen LogP contribution in [0.15, 0.2) is 0 Å². The van der Waals surface area contributed by atoms with Gasteiger partial charge in [0, 0.05) is 0 Å². The van der Waals surface area contributed by atoms with Gasteiger partial charge in [-0.25, -0.2) is 0 Å². The predicted octanol–water partition coefficient (Wildman–Crippen LogP) is 5.15. The molecule has 150 valence electrons. The van der Waals surface area contributed by atoms with Gasteiger partial charge in [0.15, 0.2) is 5.25 Å². The zero-order valence-electron chi connectivity index (χ0n) is 16.0. The van der Waals surface area contributed by atoms with Crippen molar-refractivity contribution >= 4 is 30.7 Å². The second-order valence-corrected chi connectivity index (χ2v) is 14.2. The van der Waals surface area contributed by atoms with Crippen molar-refractivity contribution in [3.63, 3.8) is 0 Å². The number of carboxylic acids is 1. The van der Waals surface area contributed by atoms with E-state index in [0.29, 0.717) is 6.42 Å². The summed E-state index contributed by atoms with van der Waals surface area (Å²) >= 11 is -0.407. The van der Waals surface area contributed by atoms with Crippen LogP contribution in [0.25, 0.3) is 0 Å². The van der Waals surface area contributed by atoms with Crippen molar-refractivity contribution in [1.82, 2.24) is 0 Å². The summed E-state index contributed by atoms with van der Waals surface area (Å²) in [6, 6.07) is 0. The van der Waals surface area contributed by atoms with Crippen molar-refractivity contribution in [3.8, 4) is 0 Å². The predicted molar refractivity (Wildman–Crippen MR) is 105 cm³/mol. The third-order valence-electron chi connectivity index (χ3n) is 4.46. The first-order valence-corrected chi connectivity index (χ1v) is 16.2. The first kappa shape index (κ1) is 24.9. The molecule has 0 radical (unpaired) electrons. The summed E-state index contributed by atoms with van der Waals surface area (Å²) in [7, 11) is -4.48. The molecule has 0 bridgehead atoms. The van der Waals surface area contributed by atoms with E-state index in [0.717, 1.165) is 19.3 Å². The van der Waals surface area contributed by atoms with Gasteiger partial charge in [-0.2, -0.15) is 8.42 Å². The molecule has 0 saturated heterocycles. The van der Waals surface area contributed by atoms with Gasteiger partial charge >= 0.3 is 108 Å². The molecule has 0 amide bonds. The molecular weight excluding hydrogens is 403 g/mol. The van der Waals surface area contributed by atoms with Crippen LogP contribution in [0.1, 0.15) is 83.5 Å². The van der Waals surface area contributed by atoms with Crippen LogP contribution in [0.4, 0.5) is 0 Å². The summed E-state index contributed by atoms with van der Waals surface area (Å²) in [5, 5.41) is 8.61. The fraction of sp³-hybridized carbons (Fsp3) is 0.944. The minimum atomic E-state index is -4.48. The first-order chi connectivity index (χ1) is 11.7. The van der Waals surface area contributed by atoms with Gasteiger partial charge in [0.2, 0.25) is 0 Å².